The molecule has 1 N–H and O–H groups in total. The van der Waals surface area contributed by atoms with Crippen LogP contribution in [0.2, 0.25) is 5.02 Å². The molecule has 0 unspecified atom stereocenters. The van der Waals surface area contributed by atoms with Crippen molar-refractivity contribution in [3.63, 3.8) is 0 Å². The molecule has 0 aliphatic carbocycles. The topological polar surface area (TPSA) is 73.6 Å². The van der Waals surface area contributed by atoms with Gasteiger partial charge in [-0.05, 0) is 26.0 Å². The molecular weight excluding hydrogens is 308 g/mol. The van der Waals surface area contributed by atoms with E-state index in [1.807, 2.05) is 13.8 Å². The summed E-state index contributed by atoms with van der Waals surface area (Å²) >= 11 is 6.12. The largest absolute Gasteiger partial charge is 0.486 e. The number of fused-ring (bicyclic) bond motifs is 1. The van der Waals surface area contributed by atoms with Crippen LogP contribution in [0, 0.1) is 13.8 Å². The zero-order valence-corrected chi connectivity index (χ0v) is 13.0. The molecule has 2 aromatic rings. The van der Waals surface area contributed by atoms with Crippen molar-refractivity contribution in [3.8, 4) is 11.5 Å². The highest BCUT2D eigenvalue weighted by atomic mass is 35.5. The van der Waals surface area contributed by atoms with Crippen LogP contribution in [0.15, 0.2) is 16.5 Å². The quantitative estimate of drug-likeness (QED) is 0.940. The average Bonchev–Trinajstić information content (AvgIpc) is 2.83. The van der Waals surface area contributed by atoms with Crippen LogP contribution in [0.4, 0.5) is 0 Å². The molecule has 0 radical (unpaired) electrons. The van der Waals surface area contributed by atoms with Crippen LogP contribution in [0.3, 0.4) is 0 Å². The summed E-state index contributed by atoms with van der Waals surface area (Å²) in [6.45, 7) is 4.77. The number of nitrogens with one attached hydrogen (secondary N) is 1. The number of halogens is 1. The predicted octanol–water partition coefficient (Wildman–Crippen LogP) is 2.65. The number of hydrogen-bond acceptors (Lipinski definition) is 5. The summed E-state index contributed by atoms with van der Waals surface area (Å²) in [5.74, 6) is 1.88. The van der Waals surface area contributed by atoms with Crippen molar-refractivity contribution in [1.29, 1.82) is 0 Å². The smallest absolute Gasteiger partial charge is 0.251 e. The van der Waals surface area contributed by atoms with Crippen molar-refractivity contribution >= 4 is 17.5 Å². The second-order valence-electron chi connectivity index (χ2n) is 4.91. The number of carbonyl (C=O) groups is 1. The van der Waals surface area contributed by atoms with Gasteiger partial charge in [0.05, 0.1) is 17.3 Å². The highest BCUT2D eigenvalue weighted by Gasteiger charge is 2.19. The fourth-order valence-electron chi connectivity index (χ4n) is 2.11. The lowest BCUT2D eigenvalue weighted by atomic mass is 10.2. The summed E-state index contributed by atoms with van der Waals surface area (Å²) in [6, 6.07) is 3.16. The Labute approximate surface area is 132 Å². The average molecular weight is 323 g/mol. The standard InChI is InChI=1S/C15H15ClN2O4/c1-8-9(2)22-13(18-8)7-17-15(19)10-5-11(16)14-12(6-10)20-3-4-21-14/h5-6H,3-4,7H2,1-2H3,(H,17,19). The Morgan fingerprint density at radius 3 is 2.82 bits per heavy atom. The van der Waals surface area contributed by atoms with Crippen molar-refractivity contribution < 1.29 is 18.7 Å². The van der Waals surface area contributed by atoms with Gasteiger partial charge in [0.2, 0.25) is 5.89 Å². The van der Waals surface area contributed by atoms with Gasteiger partial charge in [0.25, 0.3) is 5.91 Å². The second-order valence-corrected chi connectivity index (χ2v) is 5.32. The fourth-order valence-corrected chi connectivity index (χ4v) is 2.38. The molecule has 2 heterocycles. The molecule has 1 aliphatic heterocycles. The van der Waals surface area contributed by atoms with E-state index < -0.39 is 0 Å². The van der Waals surface area contributed by atoms with Gasteiger partial charge in [0.1, 0.15) is 19.0 Å². The molecule has 0 atom stereocenters. The fraction of sp³-hybridized carbons (Fsp3) is 0.333. The van der Waals surface area contributed by atoms with Crippen molar-refractivity contribution in [2.45, 2.75) is 20.4 Å². The van der Waals surface area contributed by atoms with Gasteiger partial charge in [-0.25, -0.2) is 4.98 Å². The summed E-state index contributed by atoms with van der Waals surface area (Å²) in [5.41, 5.74) is 1.21. The van der Waals surface area contributed by atoms with Crippen LogP contribution >= 0.6 is 11.6 Å². The molecule has 0 bridgehead atoms. The van der Waals surface area contributed by atoms with Gasteiger partial charge in [0.15, 0.2) is 11.5 Å². The molecule has 0 saturated heterocycles. The molecule has 0 saturated carbocycles. The number of rotatable bonds is 3. The maximum Gasteiger partial charge on any atom is 0.251 e. The Hall–Kier alpha value is -2.21. The van der Waals surface area contributed by atoms with Crippen molar-refractivity contribution in [2.24, 2.45) is 0 Å². The molecule has 0 spiro atoms. The Bertz CT molecular complexity index is 707. The van der Waals surface area contributed by atoms with E-state index in [0.717, 1.165) is 11.5 Å². The van der Waals surface area contributed by atoms with E-state index in [1.54, 1.807) is 12.1 Å². The summed E-state index contributed by atoms with van der Waals surface area (Å²) < 4.78 is 16.3. The van der Waals surface area contributed by atoms with Crippen molar-refractivity contribution in [3.05, 3.63) is 40.1 Å². The van der Waals surface area contributed by atoms with E-state index in [-0.39, 0.29) is 12.5 Å². The molecule has 7 heteroatoms. The Kier molecular flexibility index (Phi) is 3.94. The number of oxazole rings is 1. The third kappa shape index (κ3) is 2.87. The molecule has 22 heavy (non-hydrogen) atoms. The highest BCUT2D eigenvalue weighted by molar-refractivity contribution is 6.32. The van der Waals surface area contributed by atoms with E-state index in [2.05, 4.69) is 10.3 Å². The predicted molar refractivity (Wildman–Crippen MR) is 79.6 cm³/mol. The van der Waals surface area contributed by atoms with Gasteiger partial charge in [-0.15, -0.1) is 0 Å². The molecule has 1 aromatic carbocycles. The Morgan fingerprint density at radius 1 is 1.32 bits per heavy atom. The number of aromatic nitrogens is 1. The third-order valence-corrected chi connectivity index (χ3v) is 3.61. The van der Waals surface area contributed by atoms with Crippen LogP contribution in [-0.2, 0) is 6.54 Å². The Balaban J connectivity index is 1.73. The summed E-state index contributed by atoms with van der Waals surface area (Å²) in [5, 5.41) is 3.09. The van der Waals surface area contributed by atoms with E-state index in [4.69, 9.17) is 25.5 Å². The van der Waals surface area contributed by atoms with E-state index in [9.17, 15) is 4.79 Å². The highest BCUT2D eigenvalue weighted by Crippen LogP contribution is 2.38. The maximum absolute atomic E-state index is 12.2. The maximum atomic E-state index is 12.2. The van der Waals surface area contributed by atoms with Gasteiger partial charge in [-0.3, -0.25) is 4.79 Å². The van der Waals surface area contributed by atoms with E-state index >= 15 is 0 Å². The van der Waals surface area contributed by atoms with Crippen LogP contribution in [0.25, 0.3) is 0 Å². The van der Waals surface area contributed by atoms with E-state index in [0.29, 0.717) is 41.2 Å². The zero-order valence-electron chi connectivity index (χ0n) is 12.2. The third-order valence-electron chi connectivity index (χ3n) is 3.33. The first-order valence-corrected chi connectivity index (χ1v) is 7.22. The summed E-state index contributed by atoms with van der Waals surface area (Å²) in [6.07, 6.45) is 0. The first kappa shape index (κ1) is 14.7. The minimum atomic E-state index is -0.285. The lowest BCUT2D eigenvalue weighted by Crippen LogP contribution is -2.23. The minimum absolute atomic E-state index is 0.208. The second kappa shape index (κ2) is 5.88. The van der Waals surface area contributed by atoms with Crippen LogP contribution in [0.5, 0.6) is 11.5 Å². The molecule has 1 aromatic heterocycles. The lowest BCUT2D eigenvalue weighted by Gasteiger charge is -2.20. The molecular formula is C15H15ClN2O4. The molecule has 116 valence electrons. The van der Waals surface area contributed by atoms with Gasteiger partial charge in [0, 0.05) is 5.56 Å². The lowest BCUT2D eigenvalue weighted by molar-refractivity contribution is 0.0946. The monoisotopic (exact) mass is 322 g/mol. The number of carbonyl (C=O) groups excluding carboxylic acids is 1. The van der Waals surface area contributed by atoms with Gasteiger partial charge in [-0.2, -0.15) is 0 Å². The van der Waals surface area contributed by atoms with Crippen molar-refractivity contribution in [1.82, 2.24) is 10.3 Å². The zero-order chi connectivity index (χ0) is 15.7. The summed E-state index contributed by atoms with van der Waals surface area (Å²) in [4.78, 5) is 16.4. The molecule has 0 fully saturated rings. The minimum Gasteiger partial charge on any atom is -0.486 e. The first-order chi connectivity index (χ1) is 10.5. The number of aryl methyl sites for hydroxylation is 2. The first-order valence-electron chi connectivity index (χ1n) is 6.85. The normalized spacial score (nSPS) is 13.0. The summed E-state index contributed by atoms with van der Waals surface area (Å²) in [7, 11) is 0. The molecule has 1 amide bonds. The van der Waals surface area contributed by atoms with E-state index in [1.165, 1.54) is 0 Å². The number of ether oxygens (including phenoxy) is 2. The van der Waals surface area contributed by atoms with Gasteiger partial charge >= 0.3 is 0 Å². The number of benzene rings is 1. The molecule has 3 rings (SSSR count). The van der Waals surface area contributed by atoms with Crippen molar-refractivity contribution in [2.75, 3.05) is 13.2 Å². The van der Waals surface area contributed by atoms with Crippen LogP contribution in [0.1, 0.15) is 27.7 Å². The number of amides is 1. The molecule has 1 aliphatic rings. The number of nitrogens with zero attached hydrogens (tertiary/aromatic N) is 1. The number of hydrogen-bond donors (Lipinski definition) is 1. The SMILES string of the molecule is Cc1nc(CNC(=O)c2cc(Cl)c3c(c2)OCCO3)oc1C. The van der Waals surface area contributed by atoms with Gasteiger partial charge in [-0.1, -0.05) is 11.6 Å². The molecule has 6 nitrogen and oxygen atoms in total. The van der Waals surface area contributed by atoms with Crippen LogP contribution in [-0.4, -0.2) is 24.1 Å². The van der Waals surface area contributed by atoms with Gasteiger partial charge < -0.3 is 19.2 Å². The van der Waals surface area contributed by atoms with Crippen LogP contribution < -0.4 is 14.8 Å². The Morgan fingerprint density at radius 2 is 2.09 bits per heavy atom.